The first kappa shape index (κ1) is 34.5. The van der Waals surface area contributed by atoms with Crippen molar-refractivity contribution in [3.8, 4) is 23.0 Å². The Morgan fingerprint density at radius 2 is 0.524 bits per heavy atom. The molecule has 0 N–H and O–H groups in total. The van der Waals surface area contributed by atoms with Gasteiger partial charge in [0.25, 0.3) is 0 Å². The van der Waals surface area contributed by atoms with Crippen molar-refractivity contribution in [2.24, 2.45) is 0 Å². The minimum absolute atomic E-state index is 0.0462. The molecule has 4 rings (SSSR count). The van der Waals surface area contributed by atoms with E-state index in [0.29, 0.717) is 40.9 Å². The summed E-state index contributed by atoms with van der Waals surface area (Å²) in [5.41, 5.74) is 4.11. The van der Waals surface area contributed by atoms with E-state index in [1.165, 1.54) is 0 Å². The summed E-state index contributed by atoms with van der Waals surface area (Å²) in [5, 5.41) is 0. The average Bonchev–Trinajstić information content (AvgIpc) is 2.96. The lowest BCUT2D eigenvalue weighted by molar-refractivity contribution is 0.129. The molecule has 4 nitrogen and oxygen atoms in total. The minimum atomic E-state index is -0.0462. The van der Waals surface area contributed by atoms with Crippen LogP contribution in [0.4, 0.5) is 0 Å². The zero-order chi connectivity index (χ0) is 30.9. The molecule has 0 heterocycles. The molecule has 0 radical (unpaired) electrons. The fourth-order valence-corrected chi connectivity index (χ4v) is 6.85. The second-order valence-corrected chi connectivity index (χ2v) is 15.4. The van der Waals surface area contributed by atoms with Gasteiger partial charge in [-0.3, -0.25) is 0 Å². The number of ether oxygens (including phenoxy) is 4. The molecule has 0 saturated heterocycles. The molecule has 0 bridgehead atoms. The van der Waals surface area contributed by atoms with Gasteiger partial charge < -0.3 is 18.9 Å². The van der Waals surface area contributed by atoms with Gasteiger partial charge in [-0.15, -0.1) is 0 Å². The van der Waals surface area contributed by atoms with Crippen LogP contribution in [0.1, 0.15) is 22.3 Å². The molecule has 0 unspecified atom stereocenters. The Labute approximate surface area is 311 Å². The Bertz CT molecular complexity index is 1470. The number of hydrogen-bond donors (Lipinski definition) is 0. The average molecular weight is 1080 g/mol. The molecular weight excluding hydrogens is 1060 g/mol. The van der Waals surface area contributed by atoms with E-state index in [1.807, 2.05) is 76.2 Å². The summed E-state index contributed by atoms with van der Waals surface area (Å²) in [4.78, 5) is 0. The van der Waals surface area contributed by atoms with Crippen molar-refractivity contribution >= 4 is 127 Å². The van der Waals surface area contributed by atoms with Crippen LogP contribution in [-0.2, 0) is 0 Å². The molecule has 0 aromatic heterocycles. The van der Waals surface area contributed by atoms with Crippen molar-refractivity contribution in [1.82, 2.24) is 0 Å². The van der Waals surface area contributed by atoms with Crippen molar-refractivity contribution < 1.29 is 18.9 Å². The number of rotatable bonds is 8. The van der Waals surface area contributed by atoms with Gasteiger partial charge in [0, 0.05) is 17.9 Å². The highest BCUT2D eigenvalue weighted by atomic mass is 79.9. The summed E-state index contributed by atoms with van der Waals surface area (Å²) in [5.74, 6) is 1.81. The summed E-state index contributed by atoms with van der Waals surface area (Å²) in [6, 6.07) is 15.1. The molecule has 0 aliphatic heterocycles. The van der Waals surface area contributed by atoms with Gasteiger partial charge in [0.05, 0.1) is 17.9 Å². The maximum Gasteiger partial charge on any atom is 0.376 e. The van der Waals surface area contributed by atoms with Crippen LogP contribution < -0.4 is 18.9 Å². The third-order valence-electron chi connectivity index (χ3n) is 5.94. The van der Waals surface area contributed by atoms with Crippen molar-refractivity contribution in [1.29, 1.82) is 0 Å². The smallest absolute Gasteiger partial charge is 0.376 e. The van der Waals surface area contributed by atoms with E-state index < -0.39 is 0 Å². The molecule has 0 spiro atoms. The second-order valence-electron chi connectivity index (χ2n) is 9.02. The third-order valence-corrected chi connectivity index (χ3v) is 15.3. The molecule has 12 heteroatoms. The Balaban J connectivity index is 1.96. The van der Waals surface area contributed by atoms with Crippen LogP contribution in [0.15, 0.2) is 96.2 Å². The lowest BCUT2D eigenvalue weighted by Gasteiger charge is -2.20. The van der Waals surface area contributed by atoms with E-state index in [0.717, 1.165) is 40.1 Å². The summed E-state index contributed by atoms with van der Waals surface area (Å²) in [6.45, 7) is 7.96. The van der Waals surface area contributed by atoms with E-state index in [2.05, 4.69) is 127 Å². The lowest BCUT2D eigenvalue weighted by Crippen LogP contribution is -2.17. The van der Waals surface area contributed by atoms with Crippen molar-refractivity contribution in [3.63, 3.8) is 0 Å². The van der Waals surface area contributed by atoms with E-state index in [1.54, 1.807) is 0 Å². The molecule has 0 aliphatic carbocycles. The highest BCUT2D eigenvalue weighted by molar-refractivity contribution is 9.14. The fraction of sp³-hybridized carbons (Fsp3) is 0.133. The Morgan fingerprint density at radius 1 is 0.333 bits per heavy atom. The highest BCUT2D eigenvalue weighted by Gasteiger charge is 2.25. The predicted octanol–water partition coefficient (Wildman–Crippen LogP) is 13.8. The summed E-state index contributed by atoms with van der Waals surface area (Å²) in [7, 11) is 0. The second kappa shape index (κ2) is 14.8. The van der Waals surface area contributed by atoms with Gasteiger partial charge >= 0.3 is 11.9 Å². The third kappa shape index (κ3) is 7.71. The molecule has 220 valence electrons. The van der Waals surface area contributed by atoms with Gasteiger partial charge in [0.2, 0.25) is 0 Å². The summed E-state index contributed by atoms with van der Waals surface area (Å²) < 4.78 is 32.0. The Hall–Kier alpha value is -0.340. The largest absolute Gasteiger partial charge is 0.420 e. The lowest BCUT2D eigenvalue weighted by atomic mass is 10.2. The minimum Gasteiger partial charge on any atom is -0.420 e. The van der Waals surface area contributed by atoms with Crippen molar-refractivity contribution in [3.05, 3.63) is 118 Å². The van der Waals surface area contributed by atoms with Crippen LogP contribution in [0.3, 0.4) is 0 Å². The van der Waals surface area contributed by atoms with Crippen molar-refractivity contribution in [2.75, 3.05) is 0 Å². The molecule has 0 aliphatic rings. The zero-order valence-electron chi connectivity index (χ0n) is 22.3. The van der Waals surface area contributed by atoms with Crippen LogP contribution >= 0.6 is 127 Å². The standard InChI is InChI=1S/C30H20Br8O4/c1-13-5-9-17(25(35)21(13)31)39-29(40-18-10-6-14(2)22(32)26(18)36)30(41-19-11-7-15(3)23(33)27(19)37)42-20-12-8-16(4)24(34)28(20)38/h5-12H,1-4H3. The SMILES string of the molecule is Cc1ccc(OC(Oc2ccc(C)c(Br)c2Br)=C(Oc2ccc(C)c(Br)c2Br)Oc2ccc(C)c(Br)c2Br)c(Br)c1Br. The first-order chi connectivity index (χ1) is 19.8. The summed E-state index contributed by atoms with van der Waals surface area (Å²) in [6.07, 6.45) is 0. The number of hydrogen-bond acceptors (Lipinski definition) is 4. The van der Waals surface area contributed by atoms with Crippen LogP contribution in [0.2, 0.25) is 0 Å². The molecule has 0 atom stereocenters. The molecule has 4 aromatic carbocycles. The van der Waals surface area contributed by atoms with Gasteiger partial charge in [0.15, 0.2) is 0 Å². The first-order valence-corrected chi connectivity index (χ1v) is 18.4. The van der Waals surface area contributed by atoms with E-state index in [4.69, 9.17) is 18.9 Å². The van der Waals surface area contributed by atoms with E-state index in [9.17, 15) is 0 Å². The monoisotopic (exact) mass is 1080 g/mol. The number of halogens is 8. The van der Waals surface area contributed by atoms with Gasteiger partial charge in [-0.2, -0.15) is 0 Å². The van der Waals surface area contributed by atoms with Crippen LogP contribution in [0, 0.1) is 27.7 Å². The Morgan fingerprint density at radius 3 is 0.714 bits per heavy atom. The van der Waals surface area contributed by atoms with Crippen LogP contribution in [-0.4, -0.2) is 0 Å². The number of benzene rings is 4. The topological polar surface area (TPSA) is 36.9 Å². The molecule has 0 saturated carbocycles. The maximum atomic E-state index is 6.44. The highest BCUT2D eigenvalue weighted by Crippen LogP contribution is 2.42. The molecule has 4 aromatic rings. The predicted molar refractivity (Wildman–Crippen MR) is 196 cm³/mol. The first-order valence-electron chi connectivity index (χ1n) is 12.0. The van der Waals surface area contributed by atoms with Gasteiger partial charge in [-0.05, 0) is 202 Å². The Kier molecular flexibility index (Phi) is 12.2. The van der Waals surface area contributed by atoms with E-state index in [-0.39, 0.29) is 11.9 Å². The van der Waals surface area contributed by atoms with Gasteiger partial charge in [-0.25, -0.2) is 0 Å². The summed E-state index contributed by atoms with van der Waals surface area (Å²) >= 11 is 29.1. The molecular formula is C30H20Br8O4. The van der Waals surface area contributed by atoms with Crippen LogP contribution in [0.5, 0.6) is 23.0 Å². The molecule has 0 amide bonds. The van der Waals surface area contributed by atoms with Gasteiger partial charge in [0.1, 0.15) is 23.0 Å². The van der Waals surface area contributed by atoms with Crippen molar-refractivity contribution in [2.45, 2.75) is 27.7 Å². The maximum absolute atomic E-state index is 6.44. The molecule has 0 fully saturated rings. The number of aryl methyl sites for hydroxylation is 4. The zero-order valence-corrected chi connectivity index (χ0v) is 35.0. The van der Waals surface area contributed by atoms with Gasteiger partial charge in [-0.1, -0.05) is 24.3 Å². The van der Waals surface area contributed by atoms with Crippen LogP contribution in [0.25, 0.3) is 0 Å². The molecule has 42 heavy (non-hydrogen) atoms. The van der Waals surface area contributed by atoms with E-state index >= 15 is 0 Å². The quantitative estimate of drug-likeness (QED) is 0.165. The normalized spacial score (nSPS) is 10.9. The fourth-order valence-electron chi connectivity index (χ4n) is 3.44.